The summed E-state index contributed by atoms with van der Waals surface area (Å²) in [7, 11) is 2.26. The van der Waals surface area contributed by atoms with Gasteiger partial charge in [0.15, 0.2) is 0 Å². The normalized spacial score (nSPS) is 26.1. The molecule has 2 aliphatic rings. The van der Waals surface area contributed by atoms with E-state index in [9.17, 15) is 0 Å². The largest absolute Gasteiger partial charge is 0.371 e. The molecule has 2 nitrogen and oxygen atoms in total. The van der Waals surface area contributed by atoms with E-state index in [0.717, 1.165) is 6.42 Å². The molecule has 0 amide bonds. The average molecular weight is 256 g/mol. The summed E-state index contributed by atoms with van der Waals surface area (Å²) in [6.07, 6.45) is 5.72. The first-order valence-corrected chi connectivity index (χ1v) is 7.46. The first-order chi connectivity index (χ1) is 9.31. The molecule has 19 heavy (non-hydrogen) atoms. The smallest absolute Gasteiger partial charge is 0.0403 e. The fraction of sp³-hybridized carbons (Fsp3) is 0.529. The summed E-state index contributed by atoms with van der Waals surface area (Å²) in [5, 5.41) is 0. The van der Waals surface area contributed by atoms with Crippen molar-refractivity contribution in [2.24, 2.45) is 0 Å². The fourth-order valence-corrected chi connectivity index (χ4v) is 3.74. The van der Waals surface area contributed by atoms with Crippen LogP contribution in [0, 0.1) is 0 Å². The number of nitrogens with zero attached hydrogens (tertiary/aromatic N) is 2. The second-order valence-electron chi connectivity index (χ2n) is 5.86. The lowest BCUT2D eigenvalue weighted by molar-refractivity contribution is 0.194. The van der Waals surface area contributed by atoms with E-state index in [1.165, 1.54) is 38.2 Å². The number of para-hydroxylation sites is 1. The van der Waals surface area contributed by atoms with Crippen LogP contribution in [-0.4, -0.2) is 37.6 Å². The SMILES string of the molecule is C=CCCCN1CCC2C(C1)c1ccccc1N2C. The number of likely N-dealkylation sites (tertiary alicyclic amines) is 1. The highest BCUT2D eigenvalue weighted by molar-refractivity contribution is 5.61. The summed E-state index contributed by atoms with van der Waals surface area (Å²) in [6.45, 7) is 7.51. The third kappa shape index (κ3) is 2.30. The highest BCUT2D eigenvalue weighted by Gasteiger charge is 2.39. The first-order valence-electron chi connectivity index (χ1n) is 7.46. The maximum Gasteiger partial charge on any atom is 0.0403 e. The van der Waals surface area contributed by atoms with E-state index < -0.39 is 0 Å². The molecule has 0 bridgehead atoms. The first kappa shape index (κ1) is 12.7. The molecule has 2 aliphatic heterocycles. The monoisotopic (exact) mass is 256 g/mol. The number of allylic oxidation sites excluding steroid dienone is 1. The number of hydrogen-bond donors (Lipinski definition) is 0. The number of piperidine rings is 1. The maximum atomic E-state index is 3.81. The van der Waals surface area contributed by atoms with Crippen LogP contribution in [0.25, 0.3) is 0 Å². The number of fused-ring (bicyclic) bond motifs is 3. The highest BCUT2D eigenvalue weighted by atomic mass is 15.2. The lowest BCUT2D eigenvalue weighted by Crippen LogP contribution is -2.45. The zero-order chi connectivity index (χ0) is 13.2. The third-order valence-corrected chi connectivity index (χ3v) is 4.76. The molecule has 2 heterocycles. The van der Waals surface area contributed by atoms with E-state index in [1.807, 2.05) is 6.08 Å². The molecule has 0 saturated carbocycles. The second kappa shape index (κ2) is 5.38. The standard InChI is InChI=1S/C17H24N2/c1-3-4-7-11-19-12-10-17-15(13-19)14-8-5-6-9-16(14)18(17)2/h3,5-6,8-9,15,17H,1,4,7,10-13H2,2H3. The van der Waals surface area contributed by atoms with Gasteiger partial charge < -0.3 is 9.80 Å². The van der Waals surface area contributed by atoms with Crippen LogP contribution in [-0.2, 0) is 0 Å². The van der Waals surface area contributed by atoms with Gasteiger partial charge in [0.05, 0.1) is 0 Å². The molecule has 2 unspecified atom stereocenters. The fourth-order valence-electron chi connectivity index (χ4n) is 3.74. The molecule has 102 valence electrons. The Balaban J connectivity index is 1.72. The Kier molecular flexibility index (Phi) is 3.61. The van der Waals surface area contributed by atoms with Crippen LogP contribution in [0.3, 0.4) is 0 Å². The summed E-state index contributed by atoms with van der Waals surface area (Å²) in [5.74, 6) is 0.707. The van der Waals surface area contributed by atoms with Crippen LogP contribution in [0.1, 0.15) is 30.7 Å². The molecule has 3 rings (SSSR count). The van der Waals surface area contributed by atoms with Gasteiger partial charge in [0.2, 0.25) is 0 Å². The molecular formula is C17H24N2. The van der Waals surface area contributed by atoms with E-state index in [1.54, 1.807) is 5.56 Å². The van der Waals surface area contributed by atoms with E-state index >= 15 is 0 Å². The number of unbranched alkanes of at least 4 members (excludes halogenated alkanes) is 1. The number of benzene rings is 1. The molecule has 0 spiro atoms. The lowest BCUT2D eigenvalue weighted by Gasteiger charge is -2.37. The highest BCUT2D eigenvalue weighted by Crippen LogP contribution is 2.43. The van der Waals surface area contributed by atoms with Crippen molar-refractivity contribution in [3.05, 3.63) is 42.5 Å². The third-order valence-electron chi connectivity index (χ3n) is 4.76. The van der Waals surface area contributed by atoms with Gasteiger partial charge in [-0.3, -0.25) is 0 Å². The van der Waals surface area contributed by atoms with Gasteiger partial charge in [0, 0.05) is 37.8 Å². The zero-order valence-corrected chi connectivity index (χ0v) is 11.9. The minimum atomic E-state index is 0.707. The van der Waals surface area contributed by atoms with Gasteiger partial charge in [-0.05, 0) is 37.4 Å². The van der Waals surface area contributed by atoms with Crippen LogP contribution in [0.15, 0.2) is 36.9 Å². The van der Waals surface area contributed by atoms with E-state index in [4.69, 9.17) is 0 Å². The number of anilines is 1. The van der Waals surface area contributed by atoms with Crippen LogP contribution in [0.2, 0.25) is 0 Å². The molecule has 2 heteroatoms. The molecular weight excluding hydrogens is 232 g/mol. The van der Waals surface area contributed by atoms with Crippen molar-refractivity contribution in [1.29, 1.82) is 0 Å². The average Bonchev–Trinajstić information content (AvgIpc) is 2.73. The van der Waals surface area contributed by atoms with E-state index in [2.05, 4.69) is 47.7 Å². The van der Waals surface area contributed by atoms with Crippen molar-refractivity contribution in [2.75, 3.05) is 31.6 Å². The maximum absolute atomic E-state index is 3.81. The van der Waals surface area contributed by atoms with Crippen molar-refractivity contribution in [3.8, 4) is 0 Å². The summed E-state index contributed by atoms with van der Waals surface area (Å²) >= 11 is 0. The number of likely N-dealkylation sites (N-methyl/N-ethyl adjacent to an activating group) is 1. The van der Waals surface area contributed by atoms with Crippen molar-refractivity contribution in [1.82, 2.24) is 4.90 Å². The summed E-state index contributed by atoms with van der Waals surface area (Å²) in [6, 6.07) is 9.66. The molecule has 0 aromatic heterocycles. The van der Waals surface area contributed by atoms with Crippen molar-refractivity contribution in [3.63, 3.8) is 0 Å². The molecule has 0 aliphatic carbocycles. The molecule has 1 aromatic carbocycles. The summed E-state index contributed by atoms with van der Waals surface area (Å²) in [4.78, 5) is 5.14. The van der Waals surface area contributed by atoms with Gasteiger partial charge in [0.1, 0.15) is 0 Å². The Hall–Kier alpha value is -1.28. The van der Waals surface area contributed by atoms with Gasteiger partial charge >= 0.3 is 0 Å². The van der Waals surface area contributed by atoms with Gasteiger partial charge in [-0.1, -0.05) is 24.3 Å². The molecule has 2 atom stereocenters. The van der Waals surface area contributed by atoms with Gasteiger partial charge in [-0.2, -0.15) is 0 Å². The van der Waals surface area contributed by atoms with Crippen LogP contribution >= 0.6 is 0 Å². The topological polar surface area (TPSA) is 6.48 Å². The predicted octanol–water partition coefficient (Wildman–Crippen LogP) is 3.26. The molecule has 0 radical (unpaired) electrons. The lowest BCUT2D eigenvalue weighted by atomic mass is 9.89. The van der Waals surface area contributed by atoms with E-state index in [0.29, 0.717) is 12.0 Å². The van der Waals surface area contributed by atoms with Gasteiger partial charge in [-0.25, -0.2) is 0 Å². The molecule has 1 aromatic rings. The Labute approximate surface area is 116 Å². The Bertz CT molecular complexity index is 454. The van der Waals surface area contributed by atoms with Gasteiger partial charge in [-0.15, -0.1) is 6.58 Å². The van der Waals surface area contributed by atoms with Crippen LogP contribution in [0.5, 0.6) is 0 Å². The minimum absolute atomic E-state index is 0.707. The van der Waals surface area contributed by atoms with Crippen LogP contribution in [0.4, 0.5) is 5.69 Å². The molecule has 0 N–H and O–H groups in total. The molecule has 1 saturated heterocycles. The zero-order valence-electron chi connectivity index (χ0n) is 11.9. The van der Waals surface area contributed by atoms with Crippen molar-refractivity contribution < 1.29 is 0 Å². The second-order valence-corrected chi connectivity index (χ2v) is 5.86. The quantitative estimate of drug-likeness (QED) is 0.602. The summed E-state index contributed by atoms with van der Waals surface area (Å²) in [5.41, 5.74) is 3.01. The Morgan fingerprint density at radius 3 is 3.05 bits per heavy atom. The van der Waals surface area contributed by atoms with Crippen molar-refractivity contribution in [2.45, 2.75) is 31.2 Å². The van der Waals surface area contributed by atoms with Crippen LogP contribution < -0.4 is 4.90 Å². The van der Waals surface area contributed by atoms with Crippen molar-refractivity contribution >= 4 is 5.69 Å². The minimum Gasteiger partial charge on any atom is -0.371 e. The predicted molar refractivity (Wildman–Crippen MR) is 81.9 cm³/mol. The number of rotatable bonds is 4. The Morgan fingerprint density at radius 1 is 1.37 bits per heavy atom. The summed E-state index contributed by atoms with van der Waals surface area (Å²) < 4.78 is 0. The van der Waals surface area contributed by atoms with Gasteiger partial charge in [0.25, 0.3) is 0 Å². The number of hydrogen-bond acceptors (Lipinski definition) is 2. The van der Waals surface area contributed by atoms with E-state index in [-0.39, 0.29) is 0 Å². The Morgan fingerprint density at radius 2 is 2.21 bits per heavy atom. The molecule has 1 fully saturated rings.